The molecule has 0 saturated heterocycles. The van der Waals surface area contributed by atoms with E-state index in [0.717, 1.165) is 113 Å². The molecule has 0 spiro atoms. The lowest BCUT2D eigenvalue weighted by Gasteiger charge is -2.48. The first-order valence-corrected chi connectivity index (χ1v) is 33.9. The van der Waals surface area contributed by atoms with E-state index < -0.39 is 36.3 Å². The van der Waals surface area contributed by atoms with Crippen molar-refractivity contribution in [1.82, 2.24) is 4.57 Å². The Morgan fingerprint density at radius 2 is 0.704 bits per heavy atom. The quantitative estimate of drug-likeness (QED) is 0.143. The van der Waals surface area contributed by atoms with Gasteiger partial charge in [0.15, 0.2) is 0 Å². The van der Waals surface area contributed by atoms with Crippen LogP contribution in [0.15, 0.2) is 321 Å². The first-order valence-electron chi connectivity index (χ1n) is 37.9. The van der Waals surface area contributed by atoms with Crippen LogP contribution in [0.2, 0.25) is 0 Å². The van der Waals surface area contributed by atoms with Crippen LogP contribution in [0.5, 0.6) is 0 Å². The fourth-order valence-electron chi connectivity index (χ4n) is 15.3. The zero-order valence-electron chi connectivity index (χ0n) is 63.6. The van der Waals surface area contributed by atoms with Crippen molar-refractivity contribution in [3.8, 4) is 61.3 Å². The molecule has 15 aromatic rings. The van der Waals surface area contributed by atoms with Crippen LogP contribution >= 0.6 is 0 Å². The fourth-order valence-corrected chi connectivity index (χ4v) is 15.3. The number of para-hydroxylation sites is 2. The van der Waals surface area contributed by atoms with E-state index in [1.54, 1.807) is 4.57 Å². The van der Waals surface area contributed by atoms with Crippen LogP contribution in [0.1, 0.15) is 97.4 Å². The zero-order valence-corrected chi connectivity index (χ0v) is 55.6. The molecule has 0 atom stereocenters. The van der Waals surface area contributed by atoms with Crippen molar-refractivity contribution in [3.63, 3.8) is 0 Å². The number of fused-ring (bicyclic) bond motifs is 9. The summed E-state index contributed by atoms with van der Waals surface area (Å²) in [5.74, 6) is -0.252. The first kappa shape index (κ1) is 50.7. The largest absolute Gasteiger partial charge is 0.309 e. The van der Waals surface area contributed by atoms with Crippen LogP contribution in [0.25, 0.3) is 83.1 Å². The Kier molecular flexibility index (Phi) is 11.9. The Labute approximate surface area is 586 Å². The molecule has 0 N–H and O–H groups in total. The average molecular weight is 1270 g/mol. The molecule has 0 radical (unpaired) electrons. The SMILES string of the molecule is [2H]c1c([2H])c([2H])c2c(c1[2H])c1c([2H])c([2H])c([2H])c([2H])c1n2-c1ccc2c(c1)N(c1cc(-c3ccccc3)cc(-c3ccccc3)c1)c1cc(C3c4ccccc4Cc4ccccc43)cc3c1N2c1cc(-c2cc(C(C)(C)C)cc(C(C)(C)C)c2)ccc1N3c1cc(-c2ccccc2)cc(-c2ccccc2)c1. The molecule has 4 heteroatoms. The summed E-state index contributed by atoms with van der Waals surface area (Å²) in [5, 5.41) is 0.0144. The summed E-state index contributed by atoms with van der Waals surface area (Å²) in [6.45, 7) is 13.7. The van der Waals surface area contributed by atoms with Crippen LogP contribution in [0.3, 0.4) is 0 Å². The van der Waals surface area contributed by atoms with Crippen LogP contribution in [0, 0.1) is 0 Å². The maximum absolute atomic E-state index is 9.81. The smallest absolute Gasteiger partial charge is 0.0948 e. The molecule has 0 amide bonds. The topological polar surface area (TPSA) is 14.7 Å². The number of hydrogen-bond acceptors (Lipinski definition) is 3. The molecule has 4 nitrogen and oxygen atoms in total. The molecular weight excluding hydrogens is 1190 g/mol. The predicted molar refractivity (Wildman–Crippen MR) is 413 cm³/mol. The average Bonchev–Trinajstić information content (AvgIpc) is 0.696. The molecule has 98 heavy (non-hydrogen) atoms. The monoisotopic (exact) mass is 1270 g/mol. The molecule has 2 aliphatic heterocycles. The summed E-state index contributed by atoms with van der Waals surface area (Å²) in [6.07, 6.45) is 0.777. The number of anilines is 9. The van der Waals surface area contributed by atoms with Crippen LogP contribution in [-0.4, -0.2) is 4.57 Å². The van der Waals surface area contributed by atoms with E-state index in [0.29, 0.717) is 11.4 Å². The van der Waals surface area contributed by atoms with Gasteiger partial charge in [-0.2, -0.15) is 0 Å². The normalized spacial score (nSPS) is 14.4. The number of aromatic nitrogens is 1. The standard InChI is InChI=1S/C94H74N4/c1-93(2,3)74-50-72(51-75(59-74)94(4,5)6)65-43-45-85-87(56-65)98-86-46-44-76(95-83-41-25-23-39-81(83)82-40-24-26-42-84(82)95)60-88(86)97(78-54-70(63-31-15-9-16-32-63)49-71(55-78)64-33-17-10-18-34-64)90-58-73(91-79-37-21-19-35-66(79)47-67-36-20-22-38-80(67)91)57-89(92(90)98)96(85)77-52-68(61-27-11-7-12-28-61)48-69(53-77)62-29-13-8-14-30-62/h7-46,48-60,91H,47H2,1-6H3/i23D,24D,25D,26D,39D,40D,41D,42D. The van der Waals surface area contributed by atoms with Gasteiger partial charge in [0.2, 0.25) is 0 Å². The lowest BCUT2D eigenvalue weighted by Crippen LogP contribution is -2.31. The van der Waals surface area contributed by atoms with Gasteiger partial charge in [-0.25, -0.2) is 0 Å². The molecule has 0 unspecified atom stereocenters. The molecule has 1 aromatic heterocycles. The highest BCUT2D eigenvalue weighted by molar-refractivity contribution is 6.15. The van der Waals surface area contributed by atoms with Gasteiger partial charge in [-0.1, -0.05) is 272 Å². The van der Waals surface area contributed by atoms with E-state index in [1.807, 2.05) is 18.2 Å². The minimum Gasteiger partial charge on any atom is -0.309 e. The Hall–Kier alpha value is -11.7. The van der Waals surface area contributed by atoms with Crippen molar-refractivity contribution in [3.05, 3.63) is 360 Å². The van der Waals surface area contributed by atoms with Gasteiger partial charge < -0.3 is 19.3 Å². The van der Waals surface area contributed by atoms with Crippen LogP contribution in [0.4, 0.5) is 51.2 Å². The van der Waals surface area contributed by atoms with Gasteiger partial charge >= 0.3 is 0 Å². The first-order chi connectivity index (χ1) is 51.2. The molecule has 0 bridgehead atoms. The molecule has 3 heterocycles. The molecular formula is C94H74N4. The number of rotatable bonds is 9. The van der Waals surface area contributed by atoms with Gasteiger partial charge in [-0.15, -0.1) is 0 Å². The third kappa shape index (κ3) is 9.96. The van der Waals surface area contributed by atoms with Gasteiger partial charge in [-0.05, 0) is 203 Å². The summed E-state index contributed by atoms with van der Waals surface area (Å²) in [6, 6.07) is 95.2. The maximum Gasteiger partial charge on any atom is 0.0948 e. The molecule has 3 aliphatic rings. The summed E-state index contributed by atoms with van der Waals surface area (Å²) in [7, 11) is 0. The fraction of sp³-hybridized carbons (Fsp3) is 0.106. The summed E-state index contributed by atoms with van der Waals surface area (Å²) >= 11 is 0. The van der Waals surface area contributed by atoms with Crippen LogP contribution in [-0.2, 0) is 17.3 Å². The van der Waals surface area contributed by atoms with Gasteiger partial charge in [-0.3, -0.25) is 0 Å². The minimum absolute atomic E-state index is 0.00722. The van der Waals surface area contributed by atoms with E-state index in [4.69, 9.17) is 2.74 Å². The lowest BCUT2D eigenvalue weighted by molar-refractivity contribution is 0.569. The highest BCUT2D eigenvalue weighted by Gasteiger charge is 2.42. The Balaban J connectivity index is 1.03. The van der Waals surface area contributed by atoms with Gasteiger partial charge in [0.25, 0.3) is 0 Å². The van der Waals surface area contributed by atoms with Crippen LogP contribution < -0.4 is 14.7 Å². The van der Waals surface area contributed by atoms with E-state index in [9.17, 15) is 8.22 Å². The van der Waals surface area contributed by atoms with Crippen molar-refractivity contribution < 1.29 is 11.0 Å². The number of nitrogens with zero attached hydrogens (tertiary/aromatic N) is 4. The van der Waals surface area contributed by atoms with Gasteiger partial charge in [0, 0.05) is 33.8 Å². The Morgan fingerprint density at radius 1 is 0.306 bits per heavy atom. The van der Waals surface area contributed by atoms with E-state index in [1.165, 1.54) is 33.4 Å². The van der Waals surface area contributed by atoms with Crippen molar-refractivity contribution >= 4 is 73.0 Å². The molecule has 470 valence electrons. The van der Waals surface area contributed by atoms with Crippen molar-refractivity contribution in [2.24, 2.45) is 0 Å². The second-order valence-corrected chi connectivity index (χ2v) is 28.4. The van der Waals surface area contributed by atoms with Crippen molar-refractivity contribution in [2.45, 2.75) is 64.7 Å². The second kappa shape index (κ2) is 23.0. The number of hydrogen-bond donors (Lipinski definition) is 0. The molecule has 18 rings (SSSR count). The van der Waals surface area contributed by atoms with E-state index in [-0.39, 0.29) is 50.6 Å². The summed E-state index contributed by atoms with van der Waals surface area (Å²) in [4.78, 5) is 7.30. The summed E-state index contributed by atoms with van der Waals surface area (Å²) in [5.41, 5.74) is 26.7. The summed E-state index contributed by atoms with van der Waals surface area (Å²) < 4.78 is 77.0. The lowest BCUT2D eigenvalue weighted by atomic mass is 9.74. The second-order valence-electron chi connectivity index (χ2n) is 28.4. The Bertz CT molecular complexity index is 5870. The maximum atomic E-state index is 9.81. The van der Waals surface area contributed by atoms with E-state index >= 15 is 0 Å². The molecule has 0 saturated carbocycles. The van der Waals surface area contributed by atoms with E-state index in [2.05, 4.69) is 311 Å². The molecule has 0 fully saturated rings. The number of benzene rings is 14. The van der Waals surface area contributed by atoms with Gasteiger partial charge in [0.1, 0.15) is 0 Å². The predicted octanol–water partition coefficient (Wildman–Crippen LogP) is 25.8. The van der Waals surface area contributed by atoms with Crippen molar-refractivity contribution in [2.75, 3.05) is 14.7 Å². The molecule has 1 aliphatic carbocycles. The Morgan fingerprint density at radius 3 is 1.17 bits per heavy atom. The van der Waals surface area contributed by atoms with Crippen molar-refractivity contribution in [1.29, 1.82) is 0 Å². The molecule has 14 aromatic carbocycles. The van der Waals surface area contributed by atoms with Gasteiger partial charge in [0.05, 0.1) is 61.8 Å². The minimum atomic E-state index is -0.500. The highest BCUT2D eigenvalue weighted by Crippen LogP contribution is 2.66. The zero-order chi connectivity index (χ0) is 72.9. The third-order valence-electron chi connectivity index (χ3n) is 20.2. The third-order valence-corrected chi connectivity index (χ3v) is 20.2. The highest BCUT2D eigenvalue weighted by atomic mass is 15.3.